The molecule has 0 spiro atoms. The Hall–Kier alpha value is -1.66. The molecular formula is C17H23FN2O3. The summed E-state index contributed by atoms with van der Waals surface area (Å²) in [7, 11) is 0. The number of aryl methyl sites for hydroxylation is 1. The molecule has 1 aromatic carbocycles. The van der Waals surface area contributed by atoms with E-state index in [0.29, 0.717) is 13.0 Å². The maximum absolute atomic E-state index is 13.3. The molecule has 3 rings (SSSR count). The first kappa shape index (κ1) is 16.2. The lowest BCUT2D eigenvalue weighted by molar-refractivity contribution is -0.139. The van der Waals surface area contributed by atoms with Crippen molar-refractivity contribution in [3.05, 3.63) is 29.6 Å². The molecule has 2 atom stereocenters. The Morgan fingerprint density at radius 2 is 2.04 bits per heavy atom. The van der Waals surface area contributed by atoms with E-state index >= 15 is 0 Å². The first-order chi connectivity index (χ1) is 11.1. The maximum Gasteiger partial charge on any atom is 0.326 e. The molecular weight excluding hydrogens is 299 g/mol. The average Bonchev–Trinajstić information content (AvgIpc) is 2.55. The summed E-state index contributed by atoms with van der Waals surface area (Å²) in [6.45, 7) is 5.67. The first-order valence-electron chi connectivity index (χ1n) is 8.13. The van der Waals surface area contributed by atoms with Crippen molar-refractivity contribution in [3.63, 3.8) is 0 Å². The van der Waals surface area contributed by atoms with Gasteiger partial charge in [0.1, 0.15) is 11.9 Å². The molecule has 2 aliphatic heterocycles. The third-order valence-corrected chi connectivity index (χ3v) is 4.89. The van der Waals surface area contributed by atoms with Crippen LogP contribution in [-0.4, -0.2) is 60.9 Å². The van der Waals surface area contributed by atoms with E-state index in [2.05, 4.69) is 4.90 Å². The van der Waals surface area contributed by atoms with Gasteiger partial charge >= 0.3 is 5.97 Å². The number of piperidine rings is 1. The van der Waals surface area contributed by atoms with Gasteiger partial charge in [-0.3, -0.25) is 4.90 Å². The fraction of sp³-hybridized carbons (Fsp3) is 0.588. The lowest BCUT2D eigenvalue weighted by Crippen LogP contribution is -2.55. The van der Waals surface area contributed by atoms with Gasteiger partial charge in [-0.25, -0.2) is 9.18 Å². The molecule has 1 N–H and O–H groups in total. The molecule has 2 saturated heterocycles. The Morgan fingerprint density at radius 3 is 2.70 bits per heavy atom. The standard InChI is InChI=1S/C17H23FN2O3/c1-12-10-13(18)2-3-15(12)20-5-4-14(11-16(20)17(21)22)19-6-8-23-9-7-19/h2-3,10,14,16H,4-9,11H2,1H3,(H,21,22). The predicted octanol–water partition coefficient (Wildman–Crippen LogP) is 1.89. The van der Waals surface area contributed by atoms with E-state index in [1.807, 2.05) is 11.8 Å². The van der Waals surface area contributed by atoms with Crippen molar-refractivity contribution >= 4 is 11.7 Å². The molecule has 0 amide bonds. The molecule has 0 bridgehead atoms. The van der Waals surface area contributed by atoms with Crippen molar-refractivity contribution in [1.82, 2.24) is 4.90 Å². The number of carboxylic acids is 1. The van der Waals surface area contributed by atoms with E-state index in [1.165, 1.54) is 12.1 Å². The van der Waals surface area contributed by atoms with E-state index in [0.717, 1.165) is 44.0 Å². The highest BCUT2D eigenvalue weighted by molar-refractivity contribution is 5.79. The lowest BCUT2D eigenvalue weighted by atomic mass is 9.94. The monoisotopic (exact) mass is 322 g/mol. The number of carbonyl (C=O) groups is 1. The first-order valence-corrected chi connectivity index (χ1v) is 8.13. The third-order valence-electron chi connectivity index (χ3n) is 4.89. The zero-order chi connectivity index (χ0) is 16.4. The SMILES string of the molecule is Cc1cc(F)ccc1N1CCC(N2CCOCC2)CC1C(=O)O. The summed E-state index contributed by atoms with van der Waals surface area (Å²) in [5.74, 6) is -1.10. The molecule has 6 heteroatoms. The second-order valence-corrected chi connectivity index (χ2v) is 6.30. The number of hydrogen-bond acceptors (Lipinski definition) is 4. The number of benzene rings is 1. The van der Waals surface area contributed by atoms with Crippen LogP contribution in [0.3, 0.4) is 0 Å². The average molecular weight is 322 g/mol. The van der Waals surface area contributed by atoms with Crippen LogP contribution in [0.5, 0.6) is 0 Å². The summed E-state index contributed by atoms with van der Waals surface area (Å²) in [4.78, 5) is 16.0. The minimum absolute atomic E-state index is 0.275. The van der Waals surface area contributed by atoms with E-state index in [4.69, 9.17) is 4.74 Å². The van der Waals surface area contributed by atoms with Gasteiger partial charge in [0, 0.05) is 31.4 Å². The Balaban J connectivity index is 1.78. The summed E-state index contributed by atoms with van der Waals surface area (Å²) in [6.07, 6.45) is 1.51. The zero-order valence-electron chi connectivity index (χ0n) is 13.4. The van der Waals surface area contributed by atoms with Crippen LogP contribution >= 0.6 is 0 Å². The van der Waals surface area contributed by atoms with Crippen LogP contribution < -0.4 is 4.90 Å². The number of nitrogens with zero attached hydrogens (tertiary/aromatic N) is 2. The Bertz CT molecular complexity index is 575. The van der Waals surface area contributed by atoms with E-state index in [1.54, 1.807) is 6.07 Å². The van der Waals surface area contributed by atoms with Crippen molar-refractivity contribution < 1.29 is 19.0 Å². The number of aliphatic carboxylic acids is 1. The largest absolute Gasteiger partial charge is 0.480 e. The van der Waals surface area contributed by atoms with Crippen LogP contribution in [0.2, 0.25) is 0 Å². The molecule has 2 fully saturated rings. The fourth-order valence-corrected chi connectivity index (χ4v) is 3.68. The molecule has 1 aromatic rings. The van der Waals surface area contributed by atoms with Gasteiger partial charge in [0.2, 0.25) is 0 Å². The quantitative estimate of drug-likeness (QED) is 0.921. The van der Waals surface area contributed by atoms with E-state index in [9.17, 15) is 14.3 Å². The molecule has 0 radical (unpaired) electrons. The molecule has 23 heavy (non-hydrogen) atoms. The summed E-state index contributed by atoms with van der Waals surface area (Å²) in [5, 5.41) is 9.67. The molecule has 0 aliphatic carbocycles. The van der Waals surface area contributed by atoms with Gasteiger partial charge in [-0.1, -0.05) is 0 Å². The van der Waals surface area contributed by atoms with Crippen LogP contribution in [0.1, 0.15) is 18.4 Å². The predicted molar refractivity (Wildman–Crippen MR) is 85.3 cm³/mol. The number of ether oxygens (including phenoxy) is 1. The number of rotatable bonds is 3. The Kier molecular flexibility index (Phi) is 4.82. The van der Waals surface area contributed by atoms with Gasteiger partial charge in [0.05, 0.1) is 13.2 Å². The number of anilines is 1. The van der Waals surface area contributed by atoms with Crippen LogP contribution in [0.25, 0.3) is 0 Å². The molecule has 2 heterocycles. The smallest absolute Gasteiger partial charge is 0.326 e. The summed E-state index contributed by atoms with van der Waals surface area (Å²) in [5.41, 5.74) is 1.60. The zero-order valence-corrected chi connectivity index (χ0v) is 13.4. The maximum atomic E-state index is 13.3. The molecule has 0 aromatic heterocycles. The number of carboxylic acid groups (broad SMARTS) is 1. The highest BCUT2D eigenvalue weighted by Gasteiger charge is 2.36. The lowest BCUT2D eigenvalue weighted by Gasteiger charge is -2.44. The van der Waals surface area contributed by atoms with Crippen molar-refractivity contribution in [2.75, 3.05) is 37.7 Å². The topological polar surface area (TPSA) is 53.0 Å². The molecule has 0 saturated carbocycles. The molecule has 5 nitrogen and oxygen atoms in total. The summed E-state index contributed by atoms with van der Waals surface area (Å²) >= 11 is 0. The van der Waals surface area contributed by atoms with Gasteiger partial charge in [-0.2, -0.15) is 0 Å². The van der Waals surface area contributed by atoms with Crippen LogP contribution in [0.4, 0.5) is 10.1 Å². The highest BCUT2D eigenvalue weighted by atomic mass is 19.1. The molecule has 126 valence electrons. The van der Waals surface area contributed by atoms with E-state index in [-0.39, 0.29) is 11.9 Å². The van der Waals surface area contributed by atoms with E-state index < -0.39 is 12.0 Å². The van der Waals surface area contributed by atoms with Gasteiger partial charge < -0.3 is 14.7 Å². The normalized spacial score (nSPS) is 26.3. The Morgan fingerprint density at radius 1 is 1.30 bits per heavy atom. The summed E-state index contributed by atoms with van der Waals surface area (Å²) in [6, 6.07) is 4.26. The fourth-order valence-electron chi connectivity index (χ4n) is 3.68. The van der Waals surface area contributed by atoms with Gasteiger partial charge in [0.25, 0.3) is 0 Å². The number of halogens is 1. The van der Waals surface area contributed by atoms with Crippen molar-refractivity contribution in [2.24, 2.45) is 0 Å². The van der Waals surface area contributed by atoms with Crippen LogP contribution in [-0.2, 0) is 9.53 Å². The van der Waals surface area contributed by atoms with Crippen LogP contribution in [0.15, 0.2) is 18.2 Å². The minimum atomic E-state index is -0.813. The number of hydrogen-bond donors (Lipinski definition) is 1. The Labute approximate surface area is 135 Å². The summed E-state index contributed by atoms with van der Waals surface area (Å²) < 4.78 is 18.7. The number of morpholine rings is 1. The molecule has 2 unspecified atom stereocenters. The van der Waals surface area contributed by atoms with Gasteiger partial charge in [0.15, 0.2) is 0 Å². The van der Waals surface area contributed by atoms with Crippen LogP contribution in [0, 0.1) is 12.7 Å². The second-order valence-electron chi connectivity index (χ2n) is 6.30. The van der Waals surface area contributed by atoms with Crippen molar-refractivity contribution in [3.8, 4) is 0 Å². The third kappa shape index (κ3) is 3.48. The van der Waals surface area contributed by atoms with Gasteiger partial charge in [-0.05, 0) is 43.5 Å². The van der Waals surface area contributed by atoms with Crippen molar-refractivity contribution in [1.29, 1.82) is 0 Å². The second kappa shape index (κ2) is 6.84. The molecule has 2 aliphatic rings. The highest BCUT2D eigenvalue weighted by Crippen LogP contribution is 2.30. The van der Waals surface area contributed by atoms with Gasteiger partial charge in [-0.15, -0.1) is 0 Å². The van der Waals surface area contributed by atoms with Crippen molar-refractivity contribution in [2.45, 2.75) is 31.8 Å². The minimum Gasteiger partial charge on any atom is -0.480 e.